The van der Waals surface area contributed by atoms with Gasteiger partial charge in [0, 0.05) is 25.7 Å². The standard InChI is InChI=1S/C19H28NO2.BrH/c1-14(2)20(3)16-9-10-17(20)13-18(12-16)22-19(21)11-15-7-5-4-6-8-15;/h4-8,14,16-18H,9-13H2,1-3H3;1H/q+1;/p-1/t16-,17+,18?,20?;. The van der Waals surface area contributed by atoms with Gasteiger partial charge in [-0.15, -0.1) is 0 Å². The number of carbonyl (C=O) groups is 1. The van der Waals surface area contributed by atoms with E-state index < -0.39 is 0 Å². The number of hydrogen-bond donors (Lipinski definition) is 0. The Hall–Kier alpha value is -0.870. The quantitative estimate of drug-likeness (QED) is 0.554. The van der Waals surface area contributed by atoms with Gasteiger partial charge in [0.05, 0.1) is 31.6 Å². The number of piperidine rings is 1. The molecule has 0 aliphatic carbocycles. The van der Waals surface area contributed by atoms with Gasteiger partial charge >= 0.3 is 5.97 Å². The van der Waals surface area contributed by atoms with Crippen molar-refractivity contribution in [1.82, 2.24) is 0 Å². The van der Waals surface area contributed by atoms with Crippen molar-refractivity contribution >= 4 is 5.97 Å². The van der Waals surface area contributed by atoms with Crippen LogP contribution < -0.4 is 17.0 Å². The van der Waals surface area contributed by atoms with Gasteiger partial charge in [-0.2, -0.15) is 0 Å². The summed E-state index contributed by atoms with van der Waals surface area (Å²) in [6.07, 6.45) is 5.15. The van der Waals surface area contributed by atoms with E-state index in [-0.39, 0.29) is 29.1 Å². The first-order valence-electron chi connectivity index (χ1n) is 8.59. The molecule has 2 bridgehead atoms. The van der Waals surface area contributed by atoms with Gasteiger partial charge < -0.3 is 26.2 Å². The van der Waals surface area contributed by atoms with Crippen LogP contribution in [0.25, 0.3) is 0 Å². The summed E-state index contributed by atoms with van der Waals surface area (Å²) in [5.41, 5.74) is 1.04. The molecule has 0 spiro atoms. The van der Waals surface area contributed by atoms with Crippen LogP contribution in [-0.4, -0.2) is 41.7 Å². The molecule has 0 N–H and O–H groups in total. The van der Waals surface area contributed by atoms with Gasteiger partial charge in [0.25, 0.3) is 0 Å². The molecule has 23 heavy (non-hydrogen) atoms. The average molecular weight is 382 g/mol. The summed E-state index contributed by atoms with van der Waals surface area (Å²) in [4.78, 5) is 12.2. The Bertz CT molecular complexity index is 517. The van der Waals surface area contributed by atoms with Crippen molar-refractivity contribution in [1.29, 1.82) is 0 Å². The largest absolute Gasteiger partial charge is 1.00 e. The summed E-state index contributed by atoms with van der Waals surface area (Å²) < 4.78 is 6.97. The number of hydrogen-bond acceptors (Lipinski definition) is 2. The Morgan fingerprint density at radius 3 is 2.26 bits per heavy atom. The fraction of sp³-hybridized carbons (Fsp3) is 0.632. The molecule has 0 radical (unpaired) electrons. The number of benzene rings is 1. The predicted molar refractivity (Wildman–Crippen MR) is 87.4 cm³/mol. The van der Waals surface area contributed by atoms with Gasteiger partial charge in [-0.05, 0) is 19.4 Å². The number of esters is 1. The molecule has 128 valence electrons. The second-order valence-electron chi connectivity index (χ2n) is 7.45. The van der Waals surface area contributed by atoms with Crippen molar-refractivity contribution in [2.45, 2.75) is 70.2 Å². The van der Waals surface area contributed by atoms with Crippen molar-refractivity contribution in [3.05, 3.63) is 35.9 Å². The molecule has 1 aromatic carbocycles. The highest BCUT2D eigenvalue weighted by atomic mass is 79.9. The third kappa shape index (κ3) is 3.63. The topological polar surface area (TPSA) is 26.3 Å². The minimum Gasteiger partial charge on any atom is -1.00 e. The van der Waals surface area contributed by atoms with Gasteiger partial charge in [-0.3, -0.25) is 4.79 Å². The number of rotatable bonds is 4. The van der Waals surface area contributed by atoms with E-state index in [2.05, 4.69) is 20.9 Å². The molecule has 0 saturated carbocycles. The zero-order chi connectivity index (χ0) is 15.7. The molecule has 2 fully saturated rings. The Balaban J connectivity index is 0.00000192. The van der Waals surface area contributed by atoms with E-state index in [9.17, 15) is 4.79 Å². The molecule has 3 nitrogen and oxygen atoms in total. The second kappa shape index (κ2) is 7.35. The molecule has 4 heteroatoms. The molecule has 2 saturated heterocycles. The van der Waals surface area contributed by atoms with Crippen LogP contribution in [0.15, 0.2) is 30.3 Å². The van der Waals surface area contributed by atoms with Gasteiger partial charge in [0.1, 0.15) is 6.10 Å². The van der Waals surface area contributed by atoms with E-state index in [0.29, 0.717) is 24.5 Å². The number of quaternary nitrogens is 1. The summed E-state index contributed by atoms with van der Waals surface area (Å²) in [7, 11) is 2.40. The lowest BCUT2D eigenvalue weighted by molar-refractivity contribution is -0.968. The Morgan fingerprint density at radius 2 is 1.74 bits per heavy atom. The van der Waals surface area contributed by atoms with E-state index >= 15 is 0 Å². The second-order valence-corrected chi connectivity index (χ2v) is 7.45. The molecule has 3 rings (SSSR count). The highest BCUT2D eigenvalue weighted by molar-refractivity contribution is 5.72. The molecule has 1 aromatic rings. The normalized spacial score (nSPS) is 32.4. The first-order valence-corrected chi connectivity index (χ1v) is 8.59. The Kier molecular flexibility index (Phi) is 5.90. The molecule has 2 unspecified atom stereocenters. The zero-order valence-electron chi connectivity index (χ0n) is 14.4. The summed E-state index contributed by atoms with van der Waals surface area (Å²) in [6, 6.07) is 11.8. The molecular formula is C19H28BrNO2. The summed E-state index contributed by atoms with van der Waals surface area (Å²) >= 11 is 0. The molecule has 2 heterocycles. The number of fused-ring (bicyclic) bond motifs is 2. The summed E-state index contributed by atoms with van der Waals surface area (Å²) in [5, 5.41) is 0. The Morgan fingerprint density at radius 1 is 1.17 bits per heavy atom. The van der Waals surface area contributed by atoms with E-state index in [0.717, 1.165) is 18.4 Å². The zero-order valence-corrected chi connectivity index (χ0v) is 16.0. The van der Waals surface area contributed by atoms with Gasteiger partial charge in [-0.25, -0.2) is 0 Å². The van der Waals surface area contributed by atoms with Crippen molar-refractivity contribution in [3.8, 4) is 0 Å². The van der Waals surface area contributed by atoms with Crippen LogP contribution in [0.4, 0.5) is 0 Å². The first kappa shape index (κ1) is 18.5. The Labute approximate surface area is 150 Å². The minimum atomic E-state index is -0.0729. The van der Waals surface area contributed by atoms with Crippen LogP contribution in [-0.2, 0) is 16.0 Å². The molecule has 0 amide bonds. The average Bonchev–Trinajstić information content (AvgIpc) is 2.67. The maximum atomic E-state index is 12.2. The first-order chi connectivity index (χ1) is 10.5. The van der Waals surface area contributed by atoms with Gasteiger partial charge in [0.15, 0.2) is 0 Å². The third-order valence-corrected chi connectivity index (χ3v) is 6.08. The van der Waals surface area contributed by atoms with Gasteiger partial charge in [-0.1, -0.05) is 30.3 Å². The molecular weight excluding hydrogens is 354 g/mol. The van der Waals surface area contributed by atoms with E-state index in [1.165, 1.54) is 17.3 Å². The number of ether oxygens (including phenoxy) is 1. The highest BCUT2D eigenvalue weighted by Gasteiger charge is 2.53. The molecule has 0 aromatic heterocycles. The molecule has 4 atom stereocenters. The van der Waals surface area contributed by atoms with Crippen LogP contribution in [0.2, 0.25) is 0 Å². The number of halogens is 1. The minimum absolute atomic E-state index is 0. The lowest BCUT2D eigenvalue weighted by Crippen LogP contribution is -3.00. The van der Waals surface area contributed by atoms with Crippen molar-refractivity contribution < 1.29 is 31.0 Å². The molecule has 2 aliphatic rings. The predicted octanol–water partition coefficient (Wildman–Crippen LogP) is 0.325. The number of nitrogens with zero attached hydrogens (tertiary/aromatic N) is 1. The molecule has 2 aliphatic heterocycles. The summed E-state index contributed by atoms with van der Waals surface area (Å²) in [5.74, 6) is -0.0729. The van der Waals surface area contributed by atoms with E-state index in [1.807, 2.05) is 30.3 Å². The maximum absolute atomic E-state index is 12.2. The van der Waals surface area contributed by atoms with Crippen LogP contribution in [0.3, 0.4) is 0 Å². The SMILES string of the molecule is CC(C)[N+]1(C)[C@@H]2CC[C@H]1CC(OC(=O)Cc1ccccc1)C2.[Br-]. The third-order valence-electron chi connectivity index (χ3n) is 6.08. The lowest BCUT2D eigenvalue weighted by Gasteiger charge is -2.49. The lowest BCUT2D eigenvalue weighted by atomic mass is 9.94. The summed E-state index contributed by atoms with van der Waals surface area (Å²) in [6.45, 7) is 4.65. The fourth-order valence-electron chi connectivity index (χ4n) is 4.56. The highest BCUT2D eigenvalue weighted by Crippen LogP contribution is 2.43. The van der Waals surface area contributed by atoms with Crippen LogP contribution in [0.1, 0.15) is 45.1 Å². The van der Waals surface area contributed by atoms with Crippen molar-refractivity contribution in [2.75, 3.05) is 7.05 Å². The van der Waals surface area contributed by atoms with Crippen LogP contribution in [0, 0.1) is 0 Å². The fourth-order valence-corrected chi connectivity index (χ4v) is 4.56. The van der Waals surface area contributed by atoms with E-state index in [4.69, 9.17) is 4.74 Å². The van der Waals surface area contributed by atoms with E-state index in [1.54, 1.807) is 0 Å². The monoisotopic (exact) mass is 381 g/mol. The van der Waals surface area contributed by atoms with Crippen molar-refractivity contribution in [3.63, 3.8) is 0 Å². The number of carbonyl (C=O) groups excluding carboxylic acids is 1. The maximum Gasteiger partial charge on any atom is 0.310 e. The smallest absolute Gasteiger partial charge is 0.310 e. The van der Waals surface area contributed by atoms with Crippen LogP contribution >= 0.6 is 0 Å². The van der Waals surface area contributed by atoms with Crippen molar-refractivity contribution in [2.24, 2.45) is 0 Å². The van der Waals surface area contributed by atoms with Gasteiger partial charge in [0.2, 0.25) is 0 Å². The van der Waals surface area contributed by atoms with Crippen LogP contribution in [0.5, 0.6) is 0 Å².